The number of carbonyl (C=O) groups excluding carboxylic acids is 1. The van der Waals surface area contributed by atoms with Crippen LogP contribution in [0.15, 0.2) is 29.3 Å². The number of amides is 1. The lowest BCUT2D eigenvalue weighted by Gasteiger charge is -2.37. The van der Waals surface area contributed by atoms with Crippen molar-refractivity contribution in [3.8, 4) is 0 Å². The Bertz CT molecular complexity index is 599. The second kappa shape index (κ2) is 7.99. The molecule has 0 atom stereocenters. The van der Waals surface area contributed by atoms with Gasteiger partial charge >= 0.3 is 0 Å². The van der Waals surface area contributed by atoms with E-state index in [0.717, 1.165) is 23.2 Å². The highest BCUT2D eigenvalue weighted by Crippen LogP contribution is 2.36. The summed E-state index contributed by atoms with van der Waals surface area (Å²) < 4.78 is 0. The molecular formula is C17H24N2OS3. The minimum Gasteiger partial charge on any atom is -0.281 e. The molecule has 0 radical (unpaired) electrons. The van der Waals surface area contributed by atoms with Crippen molar-refractivity contribution in [2.24, 2.45) is 10.4 Å². The third kappa shape index (κ3) is 4.94. The van der Waals surface area contributed by atoms with E-state index in [9.17, 15) is 4.79 Å². The maximum absolute atomic E-state index is 12.5. The monoisotopic (exact) mass is 368 g/mol. The Balaban J connectivity index is 2.37. The van der Waals surface area contributed by atoms with E-state index < -0.39 is 0 Å². The zero-order chi connectivity index (χ0) is 17.0. The van der Waals surface area contributed by atoms with Crippen LogP contribution in [0.4, 0.5) is 10.5 Å². The summed E-state index contributed by atoms with van der Waals surface area (Å²) in [5.41, 5.74) is 2.29. The van der Waals surface area contributed by atoms with Gasteiger partial charge in [0.25, 0.3) is 5.24 Å². The van der Waals surface area contributed by atoms with Crippen LogP contribution in [0.3, 0.4) is 0 Å². The summed E-state index contributed by atoms with van der Waals surface area (Å²) in [7, 11) is 2.75. The van der Waals surface area contributed by atoms with E-state index in [0.29, 0.717) is 5.92 Å². The van der Waals surface area contributed by atoms with Gasteiger partial charge in [0.2, 0.25) is 0 Å². The van der Waals surface area contributed by atoms with Crippen LogP contribution in [0.25, 0.3) is 0 Å². The maximum atomic E-state index is 12.5. The fraction of sp³-hybridized carbons (Fsp3) is 0.529. The Kier molecular flexibility index (Phi) is 6.51. The molecule has 1 saturated heterocycles. The molecule has 0 saturated carbocycles. The van der Waals surface area contributed by atoms with Crippen LogP contribution < -0.4 is 0 Å². The van der Waals surface area contributed by atoms with Gasteiger partial charge in [-0.15, -0.1) is 0 Å². The van der Waals surface area contributed by atoms with Gasteiger partial charge in [0, 0.05) is 23.1 Å². The first-order valence-electron chi connectivity index (χ1n) is 7.66. The molecule has 6 heteroatoms. The molecule has 2 rings (SSSR count). The van der Waals surface area contributed by atoms with E-state index in [1.165, 1.54) is 27.2 Å². The van der Waals surface area contributed by atoms with Gasteiger partial charge in [-0.05, 0) is 29.2 Å². The fourth-order valence-electron chi connectivity index (χ4n) is 2.41. The lowest BCUT2D eigenvalue weighted by molar-refractivity contribution is 0.229. The molecule has 0 aromatic heterocycles. The van der Waals surface area contributed by atoms with Gasteiger partial charge in [-0.25, -0.2) is 4.99 Å². The minimum absolute atomic E-state index is 0.0681. The third-order valence-electron chi connectivity index (χ3n) is 3.56. The first-order valence-corrected chi connectivity index (χ1v) is 11.2. The molecule has 0 spiro atoms. The van der Waals surface area contributed by atoms with Crippen LogP contribution >= 0.6 is 33.3 Å². The van der Waals surface area contributed by atoms with Gasteiger partial charge in [0.15, 0.2) is 5.17 Å². The molecule has 1 fully saturated rings. The molecular weight excluding hydrogens is 344 g/mol. The SMILES string of the molecule is CSSC(=O)N1CC(C)(C)CSC1=Nc1ccccc1C(C)C. The van der Waals surface area contributed by atoms with Gasteiger partial charge in [0.05, 0.1) is 5.69 Å². The predicted molar refractivity (Wildman–Crippen MR) is 107 cm³/mol. The summed E-state index contributed by atoms with van der Waals surface area (Å²) >= 11 is 1.68. The number of hydrogen-bond acceptors (Lipinski definition) is 5. The van der Waals surface area contributed by atoms with Crippen molar-refractivity contribution in [2.75, 3.05) is 18.6 Å². The largest absolute Gasteiger partial charge is 0.298 e. The fourth-order valence-corrected chi connectivity index (χ4v) is 4.63. The highest BCUT2D eigenvalue weighted by atomic mass is 33.1. The number of benzene rings is 1. The summed E-state index contributed by atoms with van der Waals surface area (Å²) in [5, 5.41) is 0.891. The number of nitrogens with zero attached hydrogens (tertiary/aromatic N) is 2. The molecule has 1 aliphatic rings. The molecule has 1 aromatic carbocycles. The number of aliphatic imine (C=N–C) groups is 1. The zero-order valence-corrected chi connectivity index (χ0v) is 16.8. The van der Waals surface area contributed by atoms with Gasteiger partial charge in [-0.2, -0.15) is 0 Å². The predicted octanol–water partition coefficient (Wildman–Crippen LogP) is 6.00. The van der Waals surface area contributed by atoms with E-state index in [1.54, 1.807) is 11.8 Å². The second-order valence-electron chi connectivity index (χ2n) is 6.66. The Morgan fingerprint density at radius 2 is 2.04 bits per heavy atom. The Hall–Kier alpha value is -0.590. The van der Waals surface area contributed by atoms with E-state index >= 15 is 0 Å². The molecule has 0 bridgehead atoms. The summed E-state index contributed by atoms with van der Waals surface area (Å²) in [5.74, 6) is 1.38. The quantitative estimate of drug-likeness (QED) is 0.612. The molecule has 0 unspecified atom stereocenters. The normalized spacial score (nSPS) is 19.4. The number of amidine groups is 1. The molecule has 1 aromatic rings. The number of hydrogen-bond donors (Lipinski definition) is 0. The highest BCUT2D eigenvalue weighted by Gasteiger charge is 2.34. The van der Waals surface area contributed by atoms with Crippen molar-refractivity contribution < 1.29 is 4.79 Å². The molecule has 0 N–H and O–H groups in total. The van der Waals surface area contributed by atoms with Crippen LogP contribution in [0.2, 0.25) is 0 Å². The van der Waals surface area contributed by atoms with E-state index in [1.807, 2.05) is 29.4 Å². The van der Waals surface area contributed by atoms with Crippen molar-refractivity contribution in [2.45, 2.75) is 33.6 Å². The lowest BCUT2D eigenvalue weighted by Crippen LogP contribution is -2.45. The van der Waals surface area contributed by atoms with Gasteiger partial charge < -0.3 is 0 Å². The molecule has 1 amide bonds. The van der Waals surface area contributed by atoms with Crippen LogP contribution in [0.1, 0.15) is 39.2 Å². The number of carbonyl (C=O) groups is 1. The van der Waals surface area contributed by atoms with Gasteiger partial charge in [0.1, 0.15) is 0 Å². The second-order valence-corrected chi connectivity index (χ2v) is 9.95. The smallest absolute Gasteiger partial charge is 0.281 e. The molecule has 1 heterocycles. The van der Waals surface area contributed by atoms with E-state index in [-0.39, 0.29) is 10.7 Å². The number of rotatable bonds is 3. The summed E-state index contributed by atoms with van der Waals surface area (Å²) in [4.78, 5) is 19.2. The zero-order valence-electron chi connectivity index (χ0n) is 14.3. The Morgan fingerprint density at radius 1 is 1.35 bits per heavy atom. The summed E-state index contributed by atoms with van der Waals surface area (Å²) in [6.07, 6.45) is 1.93. The molecule has 1 aliphatic heterocycles. The van der Waals surface area contributed by atoms with Crippen LogP contribution in [-0.2, 0) is 0 Å². The summed E-state index contributed by atoms with van der Waals surface area (Å²) in [6, 6.07) is 8.20. The van der Waals surface area contributed by atoms with Crippen molar-refractivity contribution in [3.05, 3.63) is 29.8 Å². The Labute approximate surface area is 151 Å². The van der Waals surface area contributed by atoms with Crippen LogP contribution in [-0.4, -0.2) is 33.9 Å². The van der Waals surface area contributed by atoms with Gasteiger partial charge in [-0.1, -0.05) is 68.4 Å². The van der Waals surface area contributed by atoms with Gasteiger partial charge in [-0.3, -0.25) is 9.69 Å². The Morgan fingerprint density at radius 3 is 2.70 bits per heavy atom. The topological polar surface area (TPSA) is 32.7 Å². The molecule has 3 nitrogen and oxygen atoms in total. The van der Waals surface area contributed by atoms with Crippen molar-refractivity contribution in [3.63, 3.8) is 0 Å². The first kappa shape index (κ1) is 18.7. The third-order valence-corrected chi connectivity index (χ3v) is 6.51. The van der Waals surface area contributed by atoms with Crippen LogP contribution in [0.5, 0.6) is 0 Å². The van der Waals surface area contributed by atoms with E-state index in [4.69, 9.17) is 4.99 Å². The number of para-hydroxylation sites is 1. The van der Waals surface area contributed by atoms with Crippen molar-refractivity contribution in [1.29, 1.82) is 0 Å². The van der Waals surface area contributed by atoms with Crippen molar-refractivity contribution in [1.82, 2.24) is 4.90 Å². The minimum atomic E-state index is 0.0681. The molecule has 0 aliphatic carbocycles. The van der Waals surface area contributed by atoms with Crippen LogP contribution in [0, 0.1) is 5.41 Å². The average molecular weight is 369 g/mol. The van der Waals surface area contributed by atoms with Crippen molar-refractivity contribution >= 4 is 49.4 Å². The first-order chi connectivity index (χ1) is 10.8. The standard InChI is InChI=1S/C17H24N2OS3/c1-12(2)13-8-6-7-9-14(13)18-15-19(16(20)23-21-5)10-17(3,4)11-22-15/h6-9,12H,10-11H2,1-5H3. The lowest BCUT2D eigenvalue weighted by atomic mass is 9.96. The molecule has 23 heavy (non-hydrogen) atoms. The van der Waals surface area contributed by atoms with E-state index in [2.05, 4.69) is 33.8 Å². The number of thioether (sulfide) groups is 1. The average Bonchev–Trinajstić information content (AvgIpc) is 2.49. The summed E-state index contributed by atoms with van der Waals surface area (Å²) in [6.45, 7) is 9.45. The maximum Gasteiger partial charge on any atom is 0.298 e. The highest BCUT2D eigenvalue weighted by molar-refractivity contribution is 8.82. The molecule has 126 valence electrons.